The number of carbonyl (C=O) groups is 3. The first-order chi connectivity index (χ1) is 11.9. The molecule has 0 N–H and O–H groups in total. The molecule has 0 saturated heterocycles. The molecule has 2 bridgehead atoms. The van der Waals surface area contributed by atoms with Gasteiger partial charge in [0, 0.05) is 14.1 Å². The number of hydrogen-bond acceptors (Lipinski definition) is 6. The van der Waals surface area contributed by atoms with Gasteiger partial charge in [-0.05, 0) is 11.1 Å². The first-order valence-electron chi connectivity index (χ1n) is 7.76. The van der Waals surface area contributed by atoms with E-state index in [1.54, 1.807) is 26.2 Å². The normalized spacial score (nSPS) is 23.3. The summed E-state index contributed by atoms with van der Waals surface area (Å²) >= 11 is 0. The molecule has 7 nitrogen and oxygen atoms in total. The lowest BCUT2D eigenvalue weighted by Gasteiger charge is -2.29. The molecule has 1 aromatic rings. The van der Waals surface area contributed by atoms with Gasteiger partial charge in [0.2, 0.25) is 5.91 Å². The standard InChI is InChI=1S/C18H19NO6/c1-19(2)12(20)9-18-11-8-6-5-7-10(11)15(25-18)13(16(21)23-3)14(18)17(22)24-4/h5-8,15H,9H2,1-4H3. The Morgan fingerprint density at radius 3 is 2.36 bits per heavy atom. The Morgan fingerprint density at radius 1 is 1.12 bits per heavy atom. The summed E-state index contributed by atoms with van der Waals surface area (Å²) in [5, 5.41) is 0. The van der Waals surface area contributed by atoms with Crippen LogP contribution in [0, 0.1) is 0 Å². The molecular weight excluding hydrogens is 326 g/mol. The number of amides is 1. The van der Waals surface area contributed by atoms with Gasteiger partial charge in [0.15, 0.2) is 0 Å². The molecule has 1 aromatic carbocycles. The topological polar surface area (TPSA) is 82.1 Å². The number of nitrogens with zero attached hydrogens (tertiary/aromatic N) is 1. The molecule has 2 aliphatic rings. The number of fused-ring (bicyclic) bond motifs is 5. The molecule has 25 heavy (non-hydrogen) atoms. The number of rotatable bonds is 4. The number of hydrogen-bond donors (Lipinski definition) is 0. The van der Waals surface area contributed by atoms with Crippen molar-refractivity contribution in [2.45, 2.75) is 18.1 Å². The van der Waals surface area contributed by atoms with E-state index in [0.29, 0.717) is 5.56 Å². The predicted octanol–water partition coefficient (Wildman–Crippen LogP) is 1.09. The quantitative estimate of drug-likeness (QED) is 0.760. The molecule has 2 aliphatic heterocycles. The van der Waals surface area contributed by atoms with E-state index in [9.17, 15) is 14.4 Å². The molecule has 0 spiro atoms. The van der Waals surface area contributed by atoms with E-state index in [1.807, 2.05) is 12.1 Å². The van der Waals surface area contributed by atoms with E-state index < -0.39 is 23.6 Å². The van der Waals surface area contributed by atoms with Crippen molar-refractivity contribution in [3.05, 3.63) is 46.5 Å². The van der Waals surface area contributed by atoms with Crippen LogP contribution < -0.4 is 0 Å². The van der Waals surface area contributed by atoms with Crippen molar-refractivity contribution >= 4 is 17.8 Å². The van der Waals surface area contributed by atoms with Gasteiger partial charge in [-0.3, -0.25) is 4.79 Å². The Kier molecular flexibility index (Phi) is 4.12. The van der Waals surface area contributed by atoms with Crippen LogP contribution in [0.15, 0.2) is 35.4 Å². The Labute approximate surface area is 145 Å². The summed E-state index contributed by atoms with van der Waals surface area (Å²) in [6, 6.07) is 7.24. The Morgan fingerprint density at radius 2 is 1.76 bits per heavy atom. The summed E-state index contributed by atoms with van der Waals surface area (Å²) in [5.74, 6) is -1.61. The third-order valence-electron chi connectivity index (χ3n) is 4.63. The van der Waals surface area contributed by atoms with E-state index in [0.717, 1.165) is 5.56 Å². The molecule has 1 amide bonds. The molecule has 0 fully saturated rings. The van der Waals surface area contributed by atoms with Crippen LogP contribution in [0.1, 0.15) is 23.7 Å². The zero-order valence-corrected chi connectivity index (χ0v) is 14.5. The van der Waals surface area contributed by atoms with Crippen molar-refractivity contribution in [2.75, 3.05) is 28.3 Å². The minimum Gasteiger partial charge on any atom is -0.466 e. The second kappa shape index (κ2) is 6.00. The highest BCUT2D eigenvalue weighted by molar-refractivity contribution is 6.05. The van der Waals surface area contributed by atoms with Crippen LogP contribution in [0.5, 0.6) is 0 Å². The van der Waals surface area contributed by atoms with Crippen LogP contribution in [0.3, 0.4) is 0 Å². The first-order valence-corrected chi connectivity index (χ1v) is 7.76. The molecule has 2 unspecified atom stereocenters. The SMILES string of the molecule is COC(=O)C1=C(C(=O)OC)C2(CC(=O)N(C)C)OC1c1ccccc12. The second-order valence-electron chi connectivity index (χ2n) is 6.15. The molecular formula is C18H19NO6. The van der Waals surface area contributed by atoms with E-state index in [-0.39, 0.29) is 23.5 Å². The minimum absolute atomic E-state index is 0.0424. The van der Waals surface area contributed by atoms with Crippen molar-refractivity contribution in [1.29, 1.82) is 0 Å². The highest BCUT2D eigenvalue weighted by atomic mass is 16.6. The third-order valence-corrected chi connectivity index (χ3v) is 4.63. The van der Waals surface area contributed by atoms with Gasteiger partial charge in [0.1, 0.15) is 11.7 Å². The Hall–Kier alpha value is -2.67. The fraction of sp³-hybridized carbons (Fsp3) is 0.389. The Bertz CT molecular complexity index is 797. The van der Waals surface area contributed by atoms with Crippen molar-refractivity contribution in [3.63, 3.8) is 0 Å². The van der Waals surface area contributed by atoms with Gasteiger partial charge >= 0.3 is 11.9 Å². The zero-order valence-electron chi connectivity index (χ0n) is 14.5. The summed E-state index contributed by atoms with van der Waals surface area (Å²) < 4.78 is 15.8. The summed E-state index contributed by atoms with van der Waals surface area (Å²) in [6.07, 6.45) is -0.869. The molecule has 0 aliphatic carbocycles. The van der Waals surface area contributed by atoms with Gasteiger partial charge in [-0.15, -0.1) is 0 Å². The lowest BCUT2D eigenvalue weighted by atomic mass is 9.75. The molecule has 132 valence electrons. The number of esters is 2. The van der Waals surface area contributed by atoms with Gasteiger partial charge in [-0.25, -0.2) is 9.59 Å². The molecule has 0 radical (unpaired) electrons. The third kappa shape index (κ3) is 2.34. The maximum atomic E-state index is 12.5. The fourth-order valence-corrected chi connectivity index (χ4v) is 3.47. The summed E-state index contributed by atoms with van der Waals surface area (Å²) in [4.78, 5) is 38.7. The maximum Gasteiger partial charge on any atom is 0.337 e. The summed E-state index contributed by atoms with van der Waals surface area (Å²) in [7, 11) is 5.70. The molecule has 0 aromatic heterocycles. The average molecular weight is 345 g/mol. The van der Waals surface area contributed by atoms with E-state index in [1.165, 1.54) is 19.1 Å². The van der Waals surface area contributed by atoms with Crippen LogP contribution in [0.2, 0.25) is 0 Å². The largest absolute Gasteiger partial charge is 0.466 e. The first kappa shape index (κ1) is 17.2. The molecule has 0 saturated carbocycles. The molecule has 2 atom stereocenters. The zero-order chi connectivity index (χ0) is 18.4. The van der Waals surface area contributed by atoms with Gasteiger partial charge in [-0.1, -0.05) is 24.3 Å². The monoisotopic (exact) mass is 345 g/mol. The number of benzene rings is 1. The molecule has 2 heterocycles. The highest BCUT2D eigenvalue weighted by Crippen LogP contribution is 2.59. The number of ether oxygens (including phenoxy) is 3. The van der Waals surface area contributed by atoms with Crippen LogP contribution in [-0.4, -0.2) is 51.1 Å². The maximum absolute atomic E-state index is 12.5. The van der Waals surface area contributed by atoms with E-state index in [4.69, 9.17) is 14.2 Å². The fourth-order valence-electron chi connectivity index (χ4n) is 3.47. The Balaban J connectivity index is 2.25. The predicted molar refractivity (Wildman–Crippen MR) is 86.3 cm³/mol. The van der Waals surface area contributed by atoms with Crippen LogP contribution >= 0.6 is 0 Å². The lowest BCUT2D eigenvalue weighted by molar-refractivity contribution is -0.142. The van der Waals surface area contributed by atoms with Crippen LogP contribution in [0.4, 0.5) is 0 Å². The van der Waals surface area contributed by atoms with Gasteiger partial charge in [0.05, 0.1) is 31.8 Å². The van der Waals surface area contributed by atoms with Crippen molar-refractivity contribution in [2.24, 2.45) is 0 Å². The van der Waals surface area contributed by atoms with Crippen molar-refractivity contribution in [1.82, 2.24) is 4.90 Å². The van der Waals surface area contributed by atoms with E-state index in [2.05, 4.69) is 0 Å². The van der Waals surface area contributed by atoms with Crippen molar-refractivity contribution < 1.29 is 28.6 Å². The number of methoxy groups -OCH3 is 2. The van der Waals surface area contributed by atoms with E-state index >= 15 is 0 Å². The summed E-state index contributed by atoms with van der Waals surface area (Å²) in [6.45, 7) is 0. The van der Waals surface area contributed by atoms with Crippen LogP contribution in [0.25, 0.3) is 0 Å². The molecule has 7 heteroatoms. The van der Waals surface area contributed by atoms with Crippen molar-refractivity contribution in [3.8, 4) is 0 Å². The number of carbonyl (C=O) groups excluding carboxylic acids is 3. The van der Waals surface area contributed by atoms with Gasteiger partial charge < -0.3 is 19.1 Å². The highest BCUT2D eigenvalue weighted by Gasteiger charge is 2.61. The van der Waals surface area contributed by atoms with Gasteiger partial charge in [-0.2, -0.15) is 0 Å². The summed E-state index contributed by atoms with van der Waals surface area (Å²) in [5.41, 5.74) is 0.241. The average Bonchev–Trinajstić information content (AvgIpc) is 3.11. The molecule has 3 rings (SSSR count). The smallest absolute Gasteiger partial charge is 0.337 e. The van der Waals surface area contributed by atoms with Gasteiger partial charge in [0.25, 0.3) is 0 Å². The minimum atomic E-state index is -1.35. The lowest BCUT2D eigenvalue weighted by Crippen LogP contribution is -2.38. The second-order valence-corrected chi connectivity index (χ2v) is 6.15. The van der Waals surface area contributed by atoms with Crippen LogP contribution in [-0.2, 0) is 34.2 Å².